The molecule has 0 saturated heterocycles. The molecule has 4 nitrogen and oxygen atoms in total. The number of carbonyl (C=O) groups is 2. The topological polar surface area (TPSA) is 63.6 Å². The van der Waals surface area contributed by atoms with Gasteiger partial charge in [-0.15, -0.1) is 0 Å². The number of allylic oxidation sites excluding steroid dienone is 10. The van der Waals surface area contributed by atoms with E-state index < -0.39 is 5.97 Å². The van der Waals surface area contributed by atoms with E-state index in [-0.39, 0.29) is 18.5 Å². The van der Waals surface area contributed by atoms with E-state index in [0.29, 0.717) is 6.42 Å². The van der Waals surface area contributed by atoms with Crippen molar-refractivity contribution in [2.75, 3.05) is 0 Å². The minimum atomic E-state index is -0.717. The Hall–Kier alpha value is -2.36. The number of unbranched alkanes of at least 4 members (excludes halogenated alkanes) is 15. The molecule has 1 atom stereocenters. The Bertz CT molecular complexity index is 820. The Morgan fingerprint density at radius 3 is 1.41 bits per heavy atom. The van der Waals surface area contributed by atoms with Crippen LogP contribution in [0.3, 0.4) is 0 Å². The zero-order valence-corrected chi connectivity index (χ0v) is 30.1. The zero-order chi connectivity index (χ0) is 33.6. The van der Waals surface area contributed by atoms with Gasteiger partial charge in [0, 0.05) is 12.8 Å². The first kappa shape index (κ1) is 43.6. The van der Waals surface area contributed by atoms with Crippen LogP contribution in [0.15, 0.2) is 60.8 Å². The van der Waals surface area contributed by atoms with Crippen molar-refractivity contribution in [3.05, 3.63) is 60.8 Å². The van der Waals surface area contributed by atoms with Crippen molar-refractivity contribution in [1.29, 1.82) is 0 Å². The van der Waals surface area contributed by atoms with E-state index in [2.05, 4.69) is 74.6 Å². The Morgan fingerprint density at radius 1 is 0.500 bits per heavy atom. The van der Waals surface area contributed by atoms with Gasteiger partial charge in [-0.25, -0.2) is 0 Å². The molecular formula is C42H72O4. The van der Waals surface area contributed by atoms with Gasteiger partial charge in [0.15, 0.2) is 0 Å². The maximum atomic E-state index is 12.6. The second-order valence-corrected chi connectivity index (χ2v) is 12.7. The number of ether oxygens (including phenoxy) is 1. The molecule has 4 heteroatoms. The van der Waals surface area contributed by atoms with Gasteiger partial charge in [-0.2, -0.15) is 0 Å². The third kappa shape index (κ3) is 36.1. The number of rotatable bonds is 34. The SMILES string of the molecule is CC/C=C\C/C=C\C/C=C\C/C=C\C/C=C\CCCCCC(=O)OC(CCCCCCCCCCCC)CCCCCCC(=O)O. The van der Waals surface area contributed by atoms with Crippen LogP contribution in [-0.4, -0.2) is 23.1 Å². The fourth-order valence-electron chi connectivity index (χ4n) is 5.45. The number of hydrogen-bond donors (Lipinski definition) is 1. The summed E-state index contributed by atoms with van der Waals surface area (Å²) in [5.41, 5.74) is 0. The summed E-state index contributed by atoms with van der Waals surface area (Å²) < 4.78 is 5.95. The largest absolute Gasteiger partial charge is 0.481 e. The molecule has 0 radical (unpaired) electrons. The van der Waals surface area contributed by atoms with Crippen LogP contribution in [0.1, 0.15) is 187 Å². The first-order valence-electron chi connectivity index (χ1n) is 19.3. The normalized spacial score (nSPS) is 12.9. The zero-order valence-electron chi connectivity index (χ0n) is 30.1. The van der Waals surface area contributed by atoms with E-state index in [1.807, 2.05) is 0 Å². The molecule has 0 fully saturated rings. The summed E-state index contributed by atoms with van der Waals surface area (Å²) in [7, 11) is 0. The average Bonchev–Trinajstić information content (AvgIpc) is 3.04. The molecule has 0 aromatic heterocycles. The fourth-order valence-corrected chi connectivity index (χ4v) is 5.45. The predicted octanol–water partition coefficient (Wildman–Crippen LogP) is 13.3. The molecule has 0 aliphatic heterocycles. The number of hydrogen-bond acceptors (Lipinski definition) is 3. The van der Waals surface area contributed by atoms with E-state index in [4.69, 9.17) is 9.84 Å². The molecule has 0 aliphatic carbocycles. The number of carbonyl (C=O) groups excluding carboxylic acids is 1. The van der Waals surface area contributed by atoms with E-state index in [0.717, 1.165) is 103 Å². The molecule has 0 rings (SSSR count). The molecule has 0 aliphatic rings. The quantitative estimate of drug-likeness (QED) is 0.0432. The minimum Gasteiger partial charge on any atom is -0.481 e. The predicted molar refractivity (Wildman–Crippen MR) is 199 cm³/mol. The van der Waals surface area contributed by atoms with Gasteiger partial charge in [0.25, 0.3) is 0 Å². The maximum absolute atomic E-state index is 12.6. The Morgan fingerprint density at radius 2 is 0.913 bits per heavy atom. The number of esters is 1. The van der Waals surface area contributed by atoms with Gasteiger partial charge < -0.3 is 9.84 Å². The second-order valence-electron chi connectivity index (χ2n) is 12.7. The van der Waals surface area contributed by atoms with Crippen LogP contribution >= 0.6 is 0 Å². The lowest BCUT2D eigenvalue weighted by atomic mass is 10.0. The molecule has 0 saturated carbocycles. The third-order valence-corrected chi connectivity index (χ3v) is 8.25. The minimum absolute atomic E-state index is 0.0160. The molecule has 0 spiro atoms. The number of aliphatic carboxylic acids is 1. The Labute approximate surface area is 284 Å². The fraction of sp³-hybridized carbons (Fsp3) is 0.714. The van der Waals surface area contributed by atoms with Gasteiger partial charge in [0.05, 0.1) is 0 Å². The molecule has 0 heterocycles. The van der Waals surface area contributed by atoms with E-state index in [9.17, 15) is 9.59 Å². The molecule has 0 bridgehead atoms. The Kier molecular flexibility index (Phi) is 35.2. The van der Waals surface area contributed by atoms with Gasteiger partial charge >= 0.3 is 11.9 Å². The van der Waals surface area contributed by atoms with Crippen molar-refractivity contribution in [1.82, 2.24) is 0 Å². The van der Waals surface area contributed by atoms with E-state index in [1.54, 1.807) is 0 Å². The van der Waals surface area contributed by atoms with Crippen molar-refractivity contribution in [3.63, 3.8) is 0 Å². The summed E-state index contributed by atoms with van der Waals surface area (Å²) in [6.45, 7) is 4.42. The first-order chi connectivity index (χ1) is 22.6. The van der Waals surface area contributed by atoms with Crippen LogP contribution in [0.2, 0.25) is 0 Å². The lowest BCUT2D eigenvalue weighted by molar-refractivity contribution is -0.150. The highest BCUT2D eigenvalue weighted by Crippen LogP contribution is 2.18. The lowest BCUT2D eigenvalue weighted by Crippen LogP contribution is -2.18. The third-order valence-electron chi connectivity index (χ3n) is 8.25. The highest BCUT2D eigenvalue weighted by atomic mass is 16.5. The molecule has 0 aromatic carbocycles. The summed E-state index contributed by atoms with van der Waals surface area (Å²) in [5.74, 6) is -0.761. The van der Waals surface area contributed by atoms with Crippen LogP contribution in [0, 0.1) is 0 Å². The van der Waals surface area contributed by atoms with Gasteiger partial charge in [0.2, 0.25) is 0 Å². The summed E-state index contributed by atoms with van der Waals surface area (Å²) in [6.07, 6.45) is 50.9. The molecule has 0 amide bonds. The highest BCUT2D eigenvalue weighted by Gasteiger charge is 2.14. The van der Waals surface area contributed by atoms with Crippen LogP contribution in [-0.2, 0) is 14.3 Å². The molecule has 1 unspecified atom stereocenters. The van der Waals surface area contributed by atoms with Crippen LogP contribution in [0.25, 0.3) is 0 Å². The van der Waals surface area contributed by atoms with Crippen molar-refractivity contribution < 1.29 is 19.4 Å². The summed E-state index contributed by atoms with van der Waals surface area (Å²) in [4.78, 5) is 23.3. The van der Waals surface area contributed by atoms with Gasteiger partial charge in [-0.3, -0.25) is 9.59 Å². The van der Waals surface area contributed by atoms with Crippen molar-refractivity contribution in [3.8, 4) is 0 Å². The molecular weight excluding hydrogens is 568 g/mol. The van der Waals surface area contributed by atoms with E-state index >= 15 is 0 Å². The molecule has 0 aromatic rings. The van der Waals surface area contributed by atoms with Crippen LogP contribution in [0.4, 0.5) is 0 Å². The smallest absolute Gasteiger partial charge is 0.306 e. The average molecular weight is 641 g/mol. The van der Waals surface area contributed by atoms with Crippen molar-refractivity contribution in [2.24, 2.45) is 0 Å². The molecule has 46 heavy (non-hydrogen) atoms. The highest BCUT2D eigenvalue weighted by molar-refractivity contribution is 5.69. The molecule has 1 N–H and O–H groups in total. The van der Waals surface area contributed by atoms with Crippen LogP contribution in [0.5, 0.6) is 0 Å². The number of carboxylic acids is 1. The first-order valence-corrected chi connectivity index (χ1v) is 19.3. The molecule has 264 valence electrons. The van der Waals surface area contributed by atoms with E-state index in [1.165, 1.54) is 57.8 Å². The van der Waals surface area contributed by atoms with Gasteiger partial charge in [-0.1, -0.05) is 152 Å². The van der Waals surface area contributed by atoms with Crippen molar-refractivity contribution in [2.45, 2.75) is 193 Å². The Balaban J connectivity index is 4.06. The monoisotopic (exact) mass is 641 g/mol. The summed E-state index contributed by atoms with van der Waals surface area (Å²) in [6, 6.07) is 0. The summed E-state index contributed by atoms with van der Waals surface area (Å²) in [5, 5.41) is 8.84. The maximum Gasteiger partial charge on any atom is 0.306 e. The van der Waals surface area contributed by atoms with Gasteiger partial charge in [-0.05, 0) is 83.5 Å². The summed E-state index contributed by atoms with van der Waals surface area (Å²) >= 11 is 0. The standard InChI is InChI=1S/C42H72O4/c1-3-5-7-9-11-13-15-16-17-18-19-20-21-22-23-25-27-29-35-39-42(45)46-40(37-33-30-31-34-38-41(43)44)36-32-28-26-24-14-12-10-8-6-4-2/h5,7,11,13,16-17,19-20,22-23,40H,3-4,6,8-10,12,14-15,18,21,24-39H2,1-2H3,(H,43,44)/b7-5-,13-11-,17-16-,20-19-,23-22-. The van der Waals surface area contributed by atoms with Gasteiger partial charge in [0.1, 0.15) is 6.10 Å². The van der Waals surface area contributed by atoms with Crippen molar-refractivity contribution >= 4 is 11.9 Å². The van der Waals surface area contributed by atoms with Crippen LogP contribution < -0.4 is 0 Å². The number of carboxylic acid groups (broad SMARTS) is 1. The lowest BCUT2D eigenvalue weighted by Gasteiger charge is -2.18. The second kappa shape index (κ2) is 37.1.